The van der Waals surface area contributed by atoms with Crippen molar-refractivity contribution in [1.82, 2.24) is 19.8 Å². The monoisotopic (exact) mass is 444 g/mol. The molecule has 0 saturated carbocycles. The molecule has 3 aromatic heterocycles. The fourth-order valence-corrected chi connectivity index (χ4v) is 5.51. The van der Waals surface area contributed by atoms with Gasteiger partial charge < -0.3 is 10.2 Å². The molecule has 1 aliphatic rings. The topological polar surface area (TPSA) is 84.3 Å². The third-order valence-corrected chi connectivity index (χ3v) is 7.06. The molecule has 4 heterocycles. The van der Waals surface area contributed by atoms with Gasteiger partial charge in [-0.25, -0.2) is 4.98 Å². The Morgan fingerprint density at radius 2 is 2.20 bits per heavy atom. The Balaban J connectivity index is 1.50. The van der Waals surface area contributed by atoms with E-state index in [1.807, 2.05) is 29.8 Å². The number of nitrogens with zero attached hydrogens (tertiary/aromatic N) is 3. The Morgan fingerprint density at radius 3 is 2.97 bits per heavy atom. The Morgan fingerprint density at radius 1 is 1.33 bits per heavy atom. The van der Waals surface area contributed by atoms with Crippen LogP contribution in [0, 0.1) is 0 Å². The second-order valence-corrected chi connectivity index (χ2v) is 9.29. The Bertz CT molecular complexity index is 1100. The van der Waals surface area contributed by atoms with E-state index in [9.17, 15) is 14.4 Å². The number of hydrogen-bond acceptors (Lipinski definition) is 6. The van der Waals surface area contributed by atoms with E-state index >= 15 is 0 Å². The van der Waals surface area contributed by atoms with Crippen LogP contribution in [-0.2, 0) is 16.1 Å². The Hall–Kier alpha value is -2.52. The zero-order valence-corrected chi connectivity index (χ0v) is 18.4. The molecule has 1 unspecified atom stereocenters. The van der Waals surface area contributed by atoms with Gasteiger partial charge in [0.15, 0.2) is 0 Å². The molecule has 7 nitrogen and oxygen atoms in total. The van der Waals surface area contributed by atoms with Crippen molar-refractivity contribution in [3.63, 3.8) is 0 Å². The van der Waals surface area contributed by atoms with Gasteiger partial charge in [0.2, 0.25) is 11.8 Å². The van der Waals surface area contributed by atoms with Crippen LogP contribution in [0.4, 0.5) is 0 Å². The molecule has 0 aromatic carbocycles. The van der Waals surface area contributed by atoms with E-state index in [4.69, 9.17) is 0 Å². The zero-order chi connectivity index (χ0) is 21.1. The largest absolute Gasteiger partial charge is 0.352 e. The smallest absolute Gasteiger partial charge is 0.263 e. The van der Waals surface area contributed by atoms with E-state index < -0.39 is 0 Å². The van der Waals surface area contributed by atoms with E-state index in [1.54, 1.807) is 16.2 Å². The maximum Gasteiger partial charge on any atom is 0.263 e. The Labute approximate surface area is 182 Å². The molecule has 1 atom stereocenters. The lowest BCUT2D eigenvalue weighted by atomic mass is 10.1. The Kier molecular flexibility index (Phi) is 6.29. The van der Waals surface area contributed by atoms with Crippen LogP contribution in [0.3, 0.4) is 0 Å². The van der Waals surface area contributed by atoms with Crippen LogP contribution < -0.4 is 10.9 Å². The highest BCUT2D eigenvalue weighted by atomic mass is 32.1. The first-order chi connectivity index (χ1) is 14.6. The second-order valence-electron chi connectivity index (χ2n) is 7.48. The van der Waals surface area contributed by atoms with Crippen LogP contribution in [0.1, 0.15) is 32.6 Å². The van der Waals surface area contributed by atoms with Gasteiger partial charge in [0, 0.05) is 41.4 Å². The van der Waals surface area contributed by atoms with Gasteiger partial charge in [0.05, 0.1) is 11.7 Å². The van der Waals surface area contributed by atoms with Crippen LogP contribution >= 0.6 is 22.7 Å². The summed E-state index contributed by atoms with van der Waals surface area (Å²) in [7, 11) is 0. The summed E-state index contributed by atoms with van der Waals surface area (Å²) in [5.41, 5.74) is 0.684. The van der Waals surface area contributed by atoms with Gasteiger partial charge in [-0.05, 0) is 30.7 Å². The van der Waals surface area contributed by atoms with E-state index in [0.29, 0.717) is 29.7 Å². The molecule has 1 aliphatic heterocycles. The number of carbonyl (C=O) groups is 2. The SMILES string of the molecule is CCCC(=O)NC1CCCN(C(=O)Cn2cnc3scc(-c4cccs4)c3c2=O)C1. The normalized spacial score (nSPS) is 16.7. The predicted octanol–water partition coefficient (Wildman–Crippen LogP) is 3.09. The third kappa shape index (κ3) is 4.32. The van der Waals surface area contributed by atoms with Gasteiger partial charge in [-0.2, -0.15) is 0 Å². The predicted molar refractivity (Wildman–Crippen MR) is 120 cm³/mol. The molecule has 1 fully saturated rings. The van der Waals surface area contributed by atoms with E-state index in [1.165, 1.54) is 22.2 Å². The van der Waals surface area contributed by atoms with Crippen molar-refractivity contribution in [2.45, 2.75) is 45.2 Å². The number of carbonyl (C=O) groups excluding carboxylic acids is 2. The highest BCUT2D eigenvalue weighted by Crippen LogP contribution is 2.33. The molecule has 1 saturated heterocycles. The minimum absolute atomic E-state index is 0.0265. The van der Waals surface area contributed by atoms with Gasteiger partial charge in [0.25, 0.3) is 5.56 Å². The van der Waals surface area contributed by atoms with Gasteiger partial charge in [-0.3, -0.25) is 19.0 Å². The summed E-state index contributed by atoms with van der Waals surface area (Å²) in [6.45, 7) is 3.05. The lowest BCUT2D eigenvalue weighted by molar-refractivity contribution is -0.134. The van der Waals surface area contributed by atoms with Crippen molar-refractivity contribution < 1.29 is 9.59 Å². The third-order valence-electron chi connectivity index (χ3n) is 5.27. The second kappa shape index (κ2) is 9.09. The molecule has 0 radical (unpaired) electrons. The summed E-state index contributed by atoms with van der Waals surface area (Å²) in [4.78, 5) is 45.7. The highest BCUT2D eigenvalue weighted by Gasteiger charge is 2.25. The van der Waals surface area contributed by atoms with Crippen molar-refractivity contribution >= 4 is 44.7 Å². The maximum absolute atomic E-state index is 13.1. The maximum atomic E-state index is 13.1. The number of fused-ring (bicyclic) bond motifs is 1. The van der Waals surface area contributed by atoms with Crippen LogP contribution in [-0.4, -0.2) is 45.4 Å². The number of thiophene rings is 2. The zero-order valence-electron chi connectivity index (χ0n) is 16.8. The summed E-state index contributed by atoms with van der Waals surface area (Å²) in [5.74, 6) is -0.0955. The first-order valence-electron chi connectivity index (χ1n) is 10.1. The minimum atomic E-state index is -0.192. The molecule has 9 heteroatoms. The number of aromatic nitrogens is 2. The molecule has 30 heavy (non-hydrogen) atoms. The average molecular weight is 445 g/mol. The lowest BCUT2D eigenvalue weighted by Crippen LogP contribution is -2.50. The van der Waals surface area contributed by atoms with Crippen LogP contribution in [0.15, 0.2) is 34.0 Å². The molecule has 1 N–H and O–H groups in total. The van der Waals surface area contributed by atoms with Crippen molar-refractivity contribution in [2.75, 3.05) is 13.1 Å². The molecule has 0 aliphatic carbocycles. The standard InChI is InChI=1S/C21H24N4O3S2/c1-2-5-17(26)23-14-6-3-8-24(10-14)18(27)11-25-13-22-20-19(21(25)28)15(12-30-20)16-7-4-9-29-16/h4,7,9,12-14H,2-3,5-6,8,10-11H2,1H3,(H,23,26). The molecular weight excluding hydrogens is 420 g/mol. The lowest BCUT2D eigenvalue weighted by Gasteiger charge is -2.33. The molecular formula is C21H24N4O3S2. The van der Waals surface area contributed by atoms with E-state index in [0.717, 1.165) is 29.7 Å². The number of likely N-dealkylation sites (tertiary alicyclic amines) is 1. The molecule has 158 valence electrons. The van der Waals surface area contributed by atoms with Crippen LogP contribution in [0.25, 0.3) is 20.7 Å². The minimum Gasteiger partial charge on any atom is -0.352 e. The number of rotatable bonds is 6. The van der Waals surface area contributed by atoms with Crippen LogP contribution in [0.5, 0.6) is 0 Å². The van der Waals surface area contributed by atoms with Gasteiger partial charge >= 0.3 is 0 Å². The summed E-state index contributed by atoms with van der Waals surface area (Å²) in [6, 6.07) is 3.91. The number of nitrogens with one attached hydrogen (secondary N) is 1. The van der Waals surface area contributed by atoms with Gasteiger partial charge in [-0.15, -0.1) is 22.7 Å². The average Bonchev–Trinajstić information content (AvgIpc) is 3.40. The highest BCUT2D eigenvalue weighted by molar-refractivity contribution is 7.18. The molecule has 0 spiro atoms. The molecule has 0 bridgehead atoms. The summed E-state index contributed by atoms with van der Waals surface area (Å²) >= 11 is 3.01. The van der Waals surface area contributed by atoms with Crippen molar-refractivity contribution in [3.8, 4) is 10.4 Å². The fraction of sp³-hybridized carbons (Fsp3) is 0.429. The number of hydrogen-bond donors (Lipinski definition) is 1. The molecule has 3 aromatic rings. The van der Waals surface area contributed by atoms with Crippen molar-refractivity contribution in [3.05, 3.63) is 39.6 Å². The summed E-state index contributed by atoms with van der Waals surface area (Å²) in [5, 5.41) is 7.51. The first kappa shape index (κ1) is 20.7. The van der Waals surface area contributed by atoms with Crippen molar-refractivity contribution in [2.24, 2.45) is 0 Å². The van der Waals surface area contributed by atoms with Gasteiger partial charge in [0.1, 0.15) is 11.4 Å². The number of piperidine rings is 1. The first-order valence-corrected chi connectivity index (χ1v) is 11.9. The van der Waals surface area contributed by atoms with Crippen LogP contribution in [0.2, 0.25) is 0 Å². The van der Waals surface area contributed by atoms with Gasteiger partial charge in [-0.1, -0.05) is 13.0 Å². The summed E-state index contributed by atoms with van der Waals surface area (Å²) < 4.78 is 1.40. The fourth-order valence-electron chi connectivity index (χ4n) is 3.79. The quantitative estimate of drug-likeness (QED) is 0.633. The van der Waals surface area contributed by atoms with E-state index in [2.05, 4.69) is 10.3 Å². The molecule has 4 rings (SSSR count). The number of amides is 2. The van der Waals surface area contributed by atoms with Crippen molar-refractivity contribution in [1.29, 1.82) is 0 Å². The van der Waals surface area contributed by atoms with E-state index in [-0.39, 0.29) is 30.0 Å². The summed E-state index contributed by atoms with van der Waals surface area (Å²) in [6.07, 6.45) is 4.46. The molecule has 2 amide bonds.